The highest BCUT2D eigenvalue weighted by Crippen LogP contribution is 2.41. The normalized spacial score (nSPS) is 13.9. The van der Waals surface area contributed by atoms with Crippen LogP contribution in [0, 0.1) is 0 Å². The van der Waals surface area contributed by atoms with Crippen LogP contribution in [0.1, 0.15) is 33.6 Å². The van der Waals surface area contributed by atoms with Crippen molar-refractivity contribution in [2.75, 3.05) is 0 Å². The van der Waals surface area contributed by atoms with Crippen LogP contribution >= 0.6 is 7.82 Å². The molecule has 4 nitrogen and oxygen atoms in total. The van der Waals surface area contributed by atoms with E-state index >= 15 is 0 Å². The second-order valence-electron chi connectivity index (χ2n) is 3.38. The Morgan fingerprint density at radius 2 is 2.00 bits per heavy atom. The first kappa shape index (κ1) is 12.8. The van der Waals surface area contributed by atoms with Gasteiger partial charge < -0.3 is 9.79 Å². The SMILES string of the molecule is CCCC=CC(C)(C)OP(=O)(O)O. The molecule has 0 unspecified atom stereocenters. The first-order chi connectivity index (χ1) is 5.77. The standard InChI is InChI=1S/C8H17O4P/c1-4-5-6-7-8(2,3)12-13(9,10)11/h6-7H,4-5H2,1-3H3,(H2,9,10,11). The summed E-state index contributed by atoms with van der Waals surface area (Å²) in [5, 5.41) is 0. The van der Waals surface area contributed by atoms with E-state index in [0.717, 1.165) is 12.8 Å². The van der Waals surface area contributed by atoms with Crippen LogP contribution in [0.4, 0.5) is 0 Å². The van der Waals surface area contributed by atoms with Gasteiger partial charge in [0.25, 0.3) is 0 Å². The molecule has 0 aromatic heterocycles. The number of unbranched alkanes of at least 4 members (excludes halogenated alkanes) is 1. The number of hydrogen-bond donors (Lipinski definition) is 2. The molecule has 0 fully saturated rings. The number of hydrogen-bond acceptors (Lipinski definition) is 2. The molecular weight excluding hydrogens is 191 g/mol. The largest absolute Gasteiger partial charge is 0.470 e. The summed E-state index contributed by atoms with van der Waals surface area (Å²) in [6.07, 6.45) is 5.40. The molecule has 0 aromatic carbocycles. The molecule has 5 heteroatoms. The van der Waals surface area contributed by atoms with Gasteiger partial charge in [0.2, 0.25) is 0 Å². The van der Waals surface area contributed by atoms with Gasteiger partial charge in [0.15, 0.2) is 0 Å². The second-order valence-corrected chi connectivity index (χ2v) is 4.54. The highest BCUT2D eigenvalue weighted by atomic mass is 31.2. The molecule has 0 spiro atoms. The van der Waals surface area contributed by atoms with E-state index in [1.165, 1.54) is 0 Å². The smallest absolute Gasteiger partial charge is 0.303 e. The molecule has 0 rings (SSSR count). The predicted octanol–water partition coefficient (Wildman–Crippen LogP) is 2.23. The summed E-state index contributed by atoms with van der Waals surface area (Å²) in [5.41, 5.74) is -0.909. The zero-order valence-electron chi connectivity index (χ0n) is 8.23. The molecule has 0 atom stereocenters. The van der Waals surface area contributed by atoms with Crippen molar-refractivity contribution in [3.8, 4) is 0 Å². The summed E-state index contributed by atoms with van der Waals surface area (Å²) < 4.78 is 15.1. The Labute approximate surface area is 78.9 Å². The molecule has 0 aliphatic carbocycles. The fourth-order valence-corrected chi connectivity index (χ4v) is 1.54. The van der Waals surface area contributed by atoms with Crippen molar-refractivity contribution in [1.29, 1.82) is 0 Å². The zero-order valence-corrected chi connectivity index (χ0v) is 9.12. The van der Waals surface area contributed by atoms with Crippen molar-refractivity contribution in [3.63, 3.8) is 0 Å². The number of allylic oxidation sites excluding steroid dienone is 1. The Morgan fingerprint density at radius 1 is 1.46 bits per heavy atom. The van der Waals surface area contributed by atoms with Gasteiger partial charge in [0, 0.05) is 0 Å². The summed E-state index contributed by atoms with van der Waals surface area (Å²) >= 11 is 0. The third-order valence-corrected chi connectivity index (χ3v) is 2.04. The molecule has 0 aliphatic rings. The highest BCUT2D eigenvalue weighted by molar-refractivity contribution is 7.46. The summed E-state index contributed by atoms with van der Waals surface area (Å²) in [4.78, 5) is 17.1. The summed E-state index contributed by atoms with van der Waals surface area (Å²) in [7, 11) is -4.39. The summed E-state index contributed by atoms with van der Waals surface area (Å²) in [6, 6.07) is 0. The van der Waals surface area contributed by atoms with Crippen molar-refractivity contribution in [2.24, 2.45) is 0 Å². The van der Waals surface area contributed by atoms with Crippen LogP contribution in [-0.4, -0.2) is 15.4 Å². The van der Waals surface area contributed by atoms with Crippen LogP contribution in [0.2, 0.25) is 0 Å². The van der Waals surface area contributed by atoms with Crippen molar-refractivity contribution < 1.29 is 18.9 Å². The molecule has 13 heavy (non-hydrogen) atoms. The number of phosphoric ester groups is 1. The van der Waals surface area contributed by atoms with Crippen LogP contribution in [0.25, 0.3) is 0 Å². The van der Waals surface area contributed by atoms with Gasteiger partial charge in [-0.3, -0.25) is 4.52 Å². The Bertz CT molecular complexity index is 216. The van der Waals surface area contributed by atoms with Gasteiger partial charge in [0.05, 0.1) is 5.60 Å². The van der Waals surface area contributed by atoms with E-state index in [0.29, 0.717) is 0 Å². The fourth-order valence-electron chi connectivity index (χ4n) is 0.871. The minimum atomic E-state index is -4.39. The molecule has 0 amide bonds. The molecule has 0 saturated carbocycles. The van der Waals surface area contributed by atoms with E-state index in [1.807, 2.05) is 13.0 Å². The maximum atomic E-state index is 10.5. The number of rotatable bonds is 5. The lowest BCUT2D eigenvalue weighted by atomic mass is 10.1. The third kappa shape index (κ3) is 8.19. The molecule has 0 heterocycles. The van der Waals surface area contributed by atoms with Crippen LogP contribution in [0.15, 0.2) is 12.2 Å². The predicted molar refractivity (Wildman–Crippen MR) is 51.3 cm³/mol. The monoisotopic (exact) mass is 208 g/mol. The lowest BCUT2D eigenvalue weighted by Crippen LogP contribution is -2.19. The van der Waals surface area contributed by atoms with E-state index in [9.17, 15) is 4.57 Å². The van der Waals surface area contributed by atoms with Gasteiger partial charge in [-0.05, 0) is 20.3 Å². The zero-order chi connectivity index (χ0) is 10.5. The van der Waals surface area contributed by atoms with Gasteiger partial charge in [-0.25, -0.2) is 4.57 Å². The Hall–Kier alpha value is -0.150. The second kappa shape index (κ2) is 4.91. The van der Waals surface area contributed by atoms with Crippen LogP contribution in [-0.2, 0) is 9.09 Å². The molecule has 0 radical (unpaired) electrons. The maximum Gasteiger partial charge on any atom is 0.470 e. The molecule has 0 saturated heterocycles. The number of phosphoric acid groups is 1. The summed E-state index contributed by atoms with van der Waals surface area (Å²) in [5.74, 6) is 0. The lowest BCUT2D eigenvalue weighted by Gasteiger charge is -2.21. The van der Waals surface area contributed by atoms with E-state index < -0.39 is 13.4 Å². The summed E-state index contributed by atoms with van der Waals surface area (Å²) in [6.45, 7) is 5.25. The quantitative estimate of drug-likeness (QED) is 0.537. The molecule has 0 bridgehead atoms. The average molecular weight is 208 g/mol. The van der Waals surface area contributed by atoms with Crippen LogP contribution < -0.4 is 0 Å². The van der Waals surface area contributed by atoms with Gasteiger partial charge in [0.1, 0.15) is 0 Å². The first-order valence-electron chi connectivity index (χ1n) is 4.21. The van der Waals surface area contributed by atoms with E-state index in [1.54, 1.807) is 19.9 Å². The average Bonchev–Trinajstić information content (AvgIpc) is 1.81. The lowest BCUT2D eigenvalue weighted by molar-refractivity contribution is 0.103. The van der Waals surface area contributed by atoms with Crippen molar-refractivity contribution in [1.82, 2.24) is 0 Å². The van der Waals surface area contributed by atoms with Crippen molar-refractivity contribution in [2.45, 2.75) is 39.2 Å². The van der Waals surface area contributed by atoms with Crippen LogP contribution in [0.3, 0.4) is 0 Å². The van der Waals surface area contributed by atoms with Crippen molar-refractivity contribution >= 4 is 7.82 Å². The highest BCUT2D eigenvalue weighted by Gasteiger charge is 2.26. The van der Waals surface area contributed by atoms with Crippen molar-refractivity contribution in [3.05, 3.63) is 12.2 Å². The molecule has 0 aromatic rings. The first-order valence-corrected chi connectivity index (χ1v) is 5.74. The fraction of sp³-hybridized carbons (Fsp3) is 0.750. The van der Waals surface area contributed by atoms with E-state index in [-0.39, 0.29) is 0 Å². The Kier molecular flexibility index (Phi) is 4.86. The third-order valence-electron chi connectivity index (χ3n) is 1.33. The molecule has 78 valence electrons. The molecule has 0 aliphatic heterocycles. The topological polar surface area (TPSA) is 66.8 Å². The van der Waals surface area contributed by atoms with E-state index in [4.69, 9.17) is 9.79 Å². The van der Waals surface area contributed by atoms with E-state index in [2.05, 4.69) is 4.52 Å². The van der Waals surface area contributed by atoms with Crippen LogP contribution in [0.5, 0.6) is 0 Å². The Balaban J connectivity index is 4.16. The minimum absolute atomic E-state index is 0.883. The molecule has 2 N–H and O–H groups in total. The molecular formula is C8H17O4P. The minimum Gasteiger partial charge on any atom is -0.303 e. The van der Waals surface area contributed by atoms with Gasteiger partial charge in [-0.2, -0.15) is 0 Å². The Morgan fingerprint density at radius 3 is 2.38 bits per heavy atom. The van der Waals surface area contributed by atoms with Gasteiger partial charge >= 0.3 is 7.82 Å². The van der Waals surface area contributed by atoms with Gasteiger partial charge in [-0.15, -0.1) is 0 Å². The maximum absolute atomic E-state index is 10.5. The van der Waals surface area contributed by atoms with Gasteiger partial charge in [-0.1, -0.05) is 25.5 Å².